The van der Waals surface area contributed by atoms with Crippen LogP contribution in [-0.2, 0) is 11.3 Å². The van der Waals surface area contributed by atoms with Crippen molar-refractivity contribution in [2.75, 3.05) is 7.05 Å². The number of hydrogen-bond donors (Lipinski definition) is 0. The molecule has 0 spiro atoms. The molecule has 5 nitrogen and oxygen atoms in total. The third-order valence-corrected chi connectivity index (χ3v) is 7.59. The molecule has 1 aromatic heterocycles. The maximum Gasteiger partial charge on any atom is 0.279 e. The van der Waals surface area contributed by atoms with Gasteiger partial charge in [0.15, 0.2) is 0 Å². The van der Waals surface area contributed by atoms with E-state index in [1.54, 1.807) is 18.3 Å². The second-order valence-corrected chi connectivity index (χ2v) is 9.50. The number of hydrogen-bond acceptors (Lipinski definition) is 5. The summed E-state index contributed by atoms with van der Waals surface area (Å²) in [6, 6.07) is 18.0. The van der Waals surface area contributed by atoms with E-state index in [9.17, 15) is 4.79 Å². The van der Waals surface area contributed by atoms with Crippen molar-refractivity contribution in [2.24, 2.45) is 0 Å². The summed E-state index contributed by atoms with van der Waals surface area (Å²) in [5.41, 5.74) is 2.28. The summed E-state index contributed by atoms with van der Waals surface area (Å²) in [6.07, 6.45) is 4.66. The van der Waals surface area contributed by atoms with Crippen LogP contribution < -0.4 is 4.74 Å². The maximum absolute atomic E-state index is 11.8. The molecule has 5 rings (SSSR count). The molecular formula is C24H27N3O2S. The molecule has 2 aliphatic rings. The predicted molar refractivity (Wildman–Crippen MR) is 120 cm³/mol. The Hall–Kier alpha value is -2.44. The molecule has 1 amide bonds. The second-order valence-electron chi connectivity index (χ2n) is 8.51. The zero-order valence-corrected chi connectivity index (χ0v) is 18.3. The maximum atomic E-state index is 11.8. The van der Waals surface area contributed by atoms with Crippen LogP contribution in [0.15, 0.2) is 48.5 Å². The van der Waals surface area contributed by atoms with E-state index in [2.05, 4.69) is 28.1 Å². The minimum Gasteiger partial charge on any atom is -0.431 e. The van der Waals surface area contributed by atoms with Crippen molar-refractivity contribution < 1.29 is 9.53 Å². The molecule has 2 fully saturated rings. The quantitative estimate of drug-likeness (QED) is 0.577. The number of benzene rings is 2. The van der Waals surface area contributed by atoms with Gasteiger partial charge < -0.3 is 9.64 Å². The summed E-state index contributed by atoms with van der Waals surface area (Å²) in [7, 11) is 1.95. The van der Waals surface area contributed by atoms with Gasteiger partial charge in [-0.3, -0.25) is 9.69 Å². The van der Waals surface area contributed by atoms with Crippen molar-refractivity contribution in [3.8, 4) is 10.9 Å². The molecule has 2 aliphatic heterocycles. The molecule has 0 N–H and O–H groups in total. The average Bonchev–Trinajstić information content (AvgIpc) is 3.24. The van der Waals surface area contributed by atoms with E-state index in [0.29, 0.717) is 23.3 Å². The number of aromatic nitrogens is 1. The number of piperidine rings is 1. The summed E-state index contributed by atoms with van der Waals surface area (Å²) in [5.74, 6) is 0.999. The van der Waals surface area contributed by atoms with Crippen LogP contribution in [-0.4, -0.2) is 45.9 Å². The van der Waals surface area contributed by atoms with Crippen molar-refractivity contribution in [1.29, 1.82) is 0 Å². The van der Waals surface area contributed by atoms with Gasteiger partial charge in [0.2, 0.25) is 5.91 Å². The molecule has 2 saturated heterocycles. The fourth-order valence-electron chi connectivity index (χ4n) is 4.95. The lowest BCUT2D eigenvalue weighted by molar-refractivity contribution is -0.131. The lowest BCUT2D eigenvalue weighted by atomic mass is 9.95. The Kier molecular flexibility index (Phi) is 5.21. The van der Waals surface area contributed by atoms with Crippen LogP contribution in [0.4, 0.5) is 0 Å². The van der Waals surface area contributed by atoms with Gasteiger partial charge in [-0.2, -0.15) is 0 Å². The smallest absolute Gasteiger partial charge is 0.279 e. The Balaban J connectivity index is 1.23. The molecule has 2 aromatic carbocycles. The molecule has 0 aliphatic carbocycles. The first kappa shape index (κ1) is 19.5. The summed E-state index contributed by atoms with van der Waals surface area (Å²) >= 11 is 1.57. The Bertz CT molecular complexity index is 1000. The fourth-order valence-corrected chi connectivity index (χ4v) is 5.78. The van der Waals surface area contributed by atoms with E-state index in [0.717, 1.165) is 35.4 Å². The van der Waals surface area contributed by atoms with Crippen molar-refractivity contribution in [3.05, 3.63) is 54.1 Å². The van der Waals surface area contributed by atoms with Crippen molar-refractivity contribution in [2.45, 2.75) is 57.3 Å². The van der Waals surface area contributed by atoms with E-state index in [1.807, 2.05) is 42.3 Å². The number of rotatable bonds is 5. The van der Waals surface area contributed by atoms with Gasteiger partial charge >= 0.3 is 0 Å². The highest BCUT2D eigenvalue weighted by Gasteiger charge is 2.42. The number of carbonyl (C=O) groups excluding carboxylic acids is 1. The van der Waals surface area contributed by atoms with Gasteiger partial charge in [0.25, 0.3) is 5.19 Å². The molecular weight excluding hydrogens is 394 g/mol. The lowest BCUT2D eigenvalue weighted by Crippen LogP contribution is -2.50. The van der Waals surface area contributed by atoms with E-state index in [1.165, 1.54) is 18.4 Å². The summed E-state index contributed by atoms with van der Waals surface area (Å²) in [4.78, 5) is 20.9. The highest BCUT2D eigenvalue weighted by atomic mass is 32.1. The molecule has 0 radical (unpaired) electrons. The van der Waals surface area contributed by atoms with Gasteiger partial charge in [0, 0.05) is 38.6 Å². The van der Waals surface area contributed by atoms with Gasteiger partial charge in [-0.15, -0.1) is 0 Å². The average molecular weight is 422 g/mol. The Morgan fingerprint density at radius 2 is 1.83 bits per heavy atom. The summed E-state index contributed by atoms with van der Waals surface area (Å²) < 4.78 is 7.12. The van der Waals surface area contributed by atoms with Crippen LogP contribution in [0.3, 0.4) is 0 Å². The summed E-state index contributed by atoms with van der Waals surface area (Å²) in [6.45, 7) is 2.64. The van der Waals surface area contributed by atoms with Crippen molar-refractivity contribution in [1.82, 2.24) is 14.8 Å². The molecule has 3 aromatic rings. The second kappa shape index (κ2) is 8.00. The minimum atomic E-state index is 0.177. The topological polar surface area (TPSA) is 45.7 Å². The van der Waals surface area contributed by atoms with E-state index in [4.69, 9.17) is 4.74 Å². The van der Waals surface area contributed by atoms with Crippen LogP contribution in [0.2, 0.25) is 0 Å². The zero-order valence-electron chi connectivity index (χ0n) is 17.5. The molecule has 2 unspecified atom stereocenters. The monoisotopic (exact) mass is 421 g/mol. The standard InChI is InChI=1S/C24H27N3O2S/c1-16(28)26(2)20-13-18-9-10-19(14-20)27(18)15-17-7-11-21(12-8-17)29-24-25-22-5-3-4-6-23(22)30-24/h3-8,11-12,18-20H,9-10,13-15H2,1-2H3. The van der Waals surface area contributed by atoms with E-state index >= 15 is 0 Å². The molecule has 30 heavy (non-hydrogen) atoms. The number of carbonyl (C=O) groups is 1. The number of para-hydroxylation sites is 1. The normalized spacial score (nSPS) is 23.6. The highest BCUT2D eigenvalue weighted by molar-refractivity contribution is 7.20. The van der Waals surface area contributed by atoms with Crippen LogP contribution in [0, 0.1) is 0 Å². The number of amides is 1. The number of nitrogens with zero attached hydrogens (tertiary/aromatic N) is 3. The Morgan fingerprint density at radius 1 is 1.13 bits per heavy atom. The van der Waals surface area contributed by atoms with Gasteiger partial charge in [0.1, 0.15) is 5.75 Å². The number of thiazole rings is 1. The first-order chi connectivity index (χ1) is 14.6. The van der Waals surface area contributed by atoms with Gasteiger partial charge in [-0.05, 0) is 55.5 Å². The van der Waals surface area contributed by atoms with Gasteiger partial charge in [-0.1, -0.05) is 35.6 Å². The van der Waals surface area contributed by atoms with Gasteiger partial charge in [0.05, 0.1) is 10.2 Å². The van der Waals surface area contributed by atoms with Crippen molar-refractivity contribution in [3.63, 3.8) is 0 Å². The van der Waals surface area contributed by atoms with Crippen LogP contribution in [0.5, 0.6) is 10.9 Å². The molecule has 3 heterocycles. The number of ether oxygens (including phenoxy) is 1. The Morgan fingerprint density at radius 3 is 2.50 bits per heavy atom. The minimum absolute atomic E-state index is 0.177. The third kappa shape index (κ3) is 3.82. The highest BCUT2D eigenvalue weighted by Crippen LogP contribution is 2.38. The molecule has 6 heteroatoms. The van der Waals surface area contributed by atoms with Gasteiger partial charge in [-0.25, -0.2) is 4.98 Å². The van der Waals surface area contributed by atoms with Crippen LogP contribution in [0.25, 0.3) is 10.2 Å². The van der Waals surface area contributed by atoms with Crippen LogP contribution in [0.1, 0.15) is 38.2 Å². The van der Waals surface area contributed by atoms with Crippen LogP contribution >= 0.6 is 11.3 Å². The zero-order chi connectivity index (χ0) is 20.7. The SMILES string of the molecule is CC(=O)N(C)C1CC2CCC(C1)N2Cc1ccc(Oc2nc3ccccc3s2)cc1. The fraction of sp³-hybridized carbons (Fsp3) is 0.417. The first-order valence-corrected chi connectivity index (χ1v) is 11.5. The number of fused-ring (bicyclic) bond motifs is 3. The van der Waals surface area contributed by atoms with E-state index < -0.39 is 0 Å². The van der Waals surface area contributed by atoms with E-state index in [-0.39, 0.29) is 5.91 Å². The predicted octanol–water partition coefficient (Wildman–Crippen LogP) is 5.06. The molecule has 156 valence electrons. The largest absolute Gasteiger partial charge is 0.431 e. The first-order valence-electron chi connectivity index (χ1n) is 10.7. The Labute approximate surface area is 181 Å². The lowest BCUT2D eigenvalue weighted by Gasteiger charge is -2.42. The summed E-state index contributed by atoms with van der Waals surface area (Å²) in [5, 5.41) is 0.679. The van der Waals surface area contributed by atoms with Crippen molar-refractivity contribution >= 4 is 27.5 Å². The molecule has 2 bridgehead atoms. The molecule has 2 atom stereocenters. The molecule has 0 saturated carbocycles. The third-order valence-electron chi connectivity index (χ3n) is 6.67.